The molecular formula is C6H10NOP. The zero-order chi connectivity index (χ0) is 6.53. The highest BCUT2D eigenvalue weighted by molar-refractivity contribution is 7.29. The predicted molar refractivity (Wildman–Crippen MR) is 39.3 cm³/mol. The maximum atomic E-state index is 5.14. The third-order valence-electron chi connectivity index (χ3n) is 1.18. The molecule has 9 heavy (non-hydrogen) atoms. The summed E-state index contributed by atoms with van der Waals surface area (Å²) in [5.41, 5.74) is 0. The van der Waals surface area contributed by atoms with E-state index in [4.69, 9.17) is 10.9 Å². The van der Waals surface area contributed by atoms with E-state index in [1.54, 1.807) is 0 Å². The second-order valence-electron chi connectivity index (χ2n) is 1.88. The van der Waals surface area contributed by atoms with Crippen molar-refractivity contribution >= 4 is 8.96 Å². The highest BCUT2D eigenvalue weighted by Crippen LogP contribution is 2.24. The minimum Gasteiger partial charge on any atom is -0.345 e. The first-order valence-corrected chi connectivity index (χ1v) is 3.85. The Balaban J connectivity index is 2.06. The van der Waals surface area contributed by atoms with Gasteiger partial charge in [0, 0.05) is 19.5 Å². The monoisotopic (exact) mass is 143 g/mol. The van der Waals surface area contributed by atoms with Gasteiger partial charge in [-0.1, -0.05) is 0 Å². The van der Waals surface area contributed by atoms with Crippen LogP contribution in [0.25, 0.3) is 0 Å². The van der Waals surface area contributed by atoms with Crippen LogP contribution in [0.4, 0.5) is 0 Å². The summed E-state index contributed by atoms with van der Waals surface area (Å²) in [6.07, 6.45) is 5.94. The van der Waals surface area contributed by atoms with E-state index in [2.05, 4.69) is 10.6 Å². The molecule has 0 saturated carbocycles. The van der Waals surface area contributed by atoms with Gasteiger partial charge in [0.25, 0.3) is 0 Å². The molecule has 1 aliphatic rings. The Morgan fingerprint density at radius 2 is 2.67 bits per heavy atom. The first kappa shape index (κ1) is 7.02. The molecule has 2 nitrogen and oxygen atoms in total. The first-order valence-electron chi connectivity index (χ1n) is 2.99. The van der Waals surface area contributed by atoms with Crippen molar-refractivity contribution in [1.29, 1.82) is 0 Å². The zero-order valence-corrected chi connectivity index (χ0v) is 6.26. The van der Waals surface area contributed by atoms with Crippen LogP contribution in [0.2, 0.25) is 0 Å². The second-order valence-corrected chi connectivity index (χ2v) is 2.98. The summed E-state index contributed by atoms with van der Waals surface area (Å²) in [7, 11) is 0.547. The molecule has 0 spiro atoms. The summed E-state index contributed by atoms with van der Waals surface area (Å²) >= 11 is 0. The fourth-order valence-electron chi connectivity index (χ4n) is 0.695. The van der Waals surface area contributed by atoms with Gasteiger partial charge < -0.3 is 4.52 Å². The van der Waals surface area contributed by atoms with Crippen molar-refractivity contribution in [3.63, 3.8) is 0 Å². The molecule has 0 aliphatic carbocycles. The normalized spacial score (nSPS) is 22.6. The number of hydrogen-bond donors (Lipinski definition) is 0. The molecule has 0 aromatic rings. The minimum absolute atomic E-state index is 0.547. The van der Waals surface area contributed by atoms with Crippen LogP contribution in [-0.4, -0.2) is 24.4 Å². The smallest absolute Gasteiger partial charge is 0.0890 e. The lowest BCUT2D eigenvalue weighted by atomic mass is 10.4. The van der Waals surface area contributed by atoms with Crippen molar-refractivity contribution in [2.45, 2.75) is 6.42 Å². The van der Waals surface area contributed by atoms with Gasteiger partial charge in [-0.3, -0.25) is 4.67 Å². The molecule has 1 heterocycles. The molecule has 1 fully saturated rings. The Morgan fingerprint density at radius 3 is 3.22 bits per heavy atom. The molecule has 0 aromatic carbocycles. The summed E-state index contributed by atoms with van der Waals surface area (Å²) < 4.78 is 7.38. The van der Waals surface area contributed by atoms with Crippen LogP contribution >= 0.6 is 8.96 Å². The van der Waals surface area contributed by atoms with E-state index in [0.29, 0.717) is 8.96 Å². The van der Waals surface area contributed by atoms with E-state index in [0.717, 1.165) is 26.1 Å². The summed E-state index contributed by atoms with van der Waals surface area (Å²) in [5, 5.41) is 0. The maximum Gasteiger partial charge on any atom is 0.0890 e. The maximum absolute atomic E-state index is 5.14. The molecule has 0 bridgehead atoms. The largest absolute Gasteiger partial charge is 0.345 e. The van der Waals surface area contributed by atoms with Crippen LogP contribution in [0.5, 0.6) is 0 Å². The molecule has 1 rings (SSSR count). The summed E-state index contributed by atoms with van der Waals surface area (Å²) in [6, 6.07) is 0. The summed E-state index contributed by atoms with van der Waals surface area (Å²) in [6.45, 7) is 2.93. The Morgan fingerprint density at radius 1 is 1.78 bits per heavy atom. The Hall–Kier alpha value is -0.0900. The highest BCUT2D eigenvalue weighted by atomic mass is 31.1. The third kappa shape index (κ3) is 2.32. The topological polar surface area (TPSA) is 12.5 Å². The SMILES string of the molecule is C#CCCN1CCOP1. The lowest BCUT2D eigenvalue weighted by molar-refractivity contribution is 0.395. The molecular weight excluding hydrogens is 133 g/mol. The number of nitrogens with zero attached hydrogens (tertiary/aromatic N) is 1. The molecule has 0 aromatic heterocycles. The van der Waals surface area contributed by atoms with Gasteiger partial charge in [0.05, 0.1) is 15.6 Å². The zero-order valence-electron chi connectivity index (χ0n) is 5.26. The van der Waals surface area contributed by atoms with Gasteiger partial charge in [-0.15, -0.1) is 12.3 Å². The first-order chi connectivity index (χ1) is 4.43. The molecule has 50 valence electrons. The van der Waals surface area contributed by atoms with Crippen LogP contribution < -0.4 is 0 Å². The number of hydrogen-bond acceptors (Lipinski definition) is 2. The van der Waals surface area contributed by atoms with E-state index in [1.165, 1.54) is 0 Å². The molecule has 1 saturated heterocycles. The van der Waals surface area contributed by atoms with Gasteiger partial charge in [-0.05, 0) is 0 Å². The highest BCUT2D eigenvalue weighted by Gasteiger charge is 2.09. The lowest BCUT2D eigenvalue weighted by Gasteiger charge is -2.07. The van der Waals surface area contributed by atoms with Crippen molar-refractivity contribution in [1.82, 2.24) is 4.67 Å². The van der Waals surface area contributed by atoms with Crippen molar-refractivity contribution in [2.24, 2.45) is 0 Å². The van der Waals surface area contributed by atoms with Crippen LogP contribution in [0, 0.1) is 12.3 Å². The van der Waals surface area contributed by atoms with Crippen LogP contribution in [0.15, 0.2) is 0 Å². The predicted octanol–water partition coefficient (Wildman–Crippen LogP) is 0.850. The molecule has 0 N–H and O–H groups in total. The van der Waals surface area contributed by atoms with Crippen LogP contribution in [0.3, 0.4) is 0 Å². The number of terminal acetylenes is 1. The van der Waals surface area contributed by atoms with Gasteiger partial charge in [-0.2, -0.15) is 0 Å². The summed E-state index contributed by atoms with van der Waals surface area (Å²) in [4.78, 5) is 0. The van der Waals surface area contributed by atoms with Crippen LogP contribution in [0.1, 0.15) is 6.42 Å². The van der Waals surface area contributed by atoms with Crippen molar-refractivity contribution in [2.75, 3.05) is 19.7 Å². The molecule has 1 unspecified atom stereocenters. The standard InChI is InChI=1S/C6H10NOP/c1-2-3-4-7-5-6-8-9-7/h1,9H,3-6H2. The minimum atomic E-state index is 0.547. The van der Waals surface area contributed by atoms with Crippen molar-refractivity contribution < 1.29 is 4.52 Å². The van der Waals surface area contributed by atoms with E-state index in [-0.39, 0.29) is 0 Å². The third-order valence-corrected chi connectivity index (χ3v) is 2.22. The van der Waals surface area contributed by atoms with Gasteiger partial charge in [0.15, 0.2) is 0 Å². The Labute approximate surface area is 57.5 Å². The fraction of sp³-hybridized carbons (Fsp3) is 0.667. The van der Waals surface area contributed by atoms with Gasteiger partial charge in [0.1, 0.15) is 0 Å². The van der Waals surface area contributed by atoms with Gasteiger partial charge in [-0.25, -0.2) is 0 Å². The molecule has 0 amide bonds. The molecule has 1 aliphatic heterocycles. The second kappa shape index (κ2) is 3.85. The van der Waals surface area contributed by atoms with Gasteiger partial charge in [0.2, 0.25) is 0 Å². The van der Waals surface area contributed by atoms with E-state index in [1.807, 2.05) is 0 Å². The van der Waals surface area contributed by atoms with Crippen molar-refractivity contribution in [3.8, 4) is 12.3 Å². The van der Waals surface area contributed by atoms with Crippen LogP contribution in [-0.2, 0) is 4.52 Å². The lowest BCUT2D eigenvalue weighted by Crippen LogP contribution is -2.12. The Kier molecular flexibility index (Phi) is 3.00. The number of rotatable bonds is 2. The van der Waals surface area contributed by atoms with E-state index in [9.17, 15) is 0 Å². The van der Waals surface area contributed by atoms with E-state index >= 15 is 0 Å². The molecule has 1 atom stereocenters. The molecule has 0 radical (unpaired) electrons. The fourth-order valence-corrected chi connectivity index (χ4v) is 1.45. The Bertz CT molecular complexity index is 115. The molecule has 3 heteroatoms. The van der Waals surface area contributed by atoms with Gasteiger partial charge >= 0.3 is 0 Å². The van der Waals surface area contributed by atoms with E-state index < -0.39 is 0 Å². The summed E-state index contributed by atoms with van der Waals surface area (Å²) in [5.74, 6) is 2.60. The average molecular weight is 143 g/mol. The quantitative estimate of drug-likeness (QED) is 0.419. The van der Waals surface area contributed by atoms with Crippen molar-refractivity contribution in [3.05, 3.63) is 0 Å². The average Bonchev–Trinajstić information content (AvgIpc) is 2.34.